The zero-order valence-corrected chi connectivity index (χ0v) is 14.8. The van der Waals surface area contributed by atoms with E-state index in [4.69, 9.17) is 9.15 Å². The fraction of sp³-hybridized carbons (Fsp3) is 0.238. The van der Waals surface area contributed by atoms with Crippen LogP contribution in [-0.4, -0.2) is 35.3 Å². The number of nitrogens with zero attached hydrogens (tertiary/aromatic N) is 3. The van der Waals surface area contributed by atoms with Crippen molar-refractivity contribution in [2.24, 2.45) is 0 Å². The van der Waals surface area contributed by atoms with Gasteiger partial charge in [0, 0.05) is 18.7 Å². The largest absolute Gasteiger partial charge is 0.497 e. The summed E-state index contributed by atoms with van der Waals surface area (Å²) in [6.07, 6.45) is 3.32. The Balaban J connectivity index is 1.39. The second-order valence-electron chi connectivity index (χ2n) is 6.31. The van der Waals surface area contributed by atoms with Crippen LogP contribution in [-0.2, 0) is 6.54 Å². The first-order valence-electron chi connectivity index (χ1n) is 8.75. The molecule has 0 spiro atoms. The van der Waals surface area contributed by atoms with Crippen LogP contribution in [0.25, 0.3) is 17.0 Å². The molecular weight excluding hydrogens is 326 g/mol. The van der Waals surface area contributed by atoms with Crippen LogP contribution in [0.1, 0.15) is 17.9 Å². The van der Waals surface area contributed by atoms with Gasteiger partial charge in [-0.3, -0.25) is 4.90 Å². The predicted molar refractivity (Wildman–Crippen MR) is 101 cm³/mol. The van der Waals surface area contributed by atoms with E-state index < -0.39 is 0 Å². The van der Waals surface area contributed by atoms with Gasteiger partial charge in [0.1, 0.15) is 5.75 Å². The summed E-state index contributed by atoms with van der Waals surface area (Å²) in [6.45, 7) is 2.55. The van der Waals surface area contributed by atoms with Crippen LogP contribution in [0.4, 0.5) is 0 Å². The third-order valence-corrected chi connectivity index (χ3v) is 4.60. The van der Waals surface area contributed by atoms with Crippen LogP contribution in [0.3, 0.4) is 0 Å². The van der Waals surface area contributed by atoms with E-state index in [0.29, 0.717) is 18.3 Å². The molecule has 5 heteroatoms. The molecule has 1 aliphatic heterocycles. The summed E-state index contributed by atoms with van der Waals surface area (Å²) in [7, 11) is 1.65. The molecule has 4 rings (SSSR count). The van der Waals surface area contributed by atoms with Crippen molar-refractivity contribution in [3.05, 3.63) is 72.1 Å². The van der Waals surface area contributed by atoms with Crippen LogP contribution in [0, 0.1) is 0 Å². The number of methoxy groups -OCH3 is 1. The van der Waals surface area contributed by atoms with Crippen molar-refractivity contribution in [2.75, 3.05) is 20.2 Å². The number of benzene rings is 2. The molecular formula is C21H21N3O2. The topological polar surface area (TPSA) is 51.4 Å². The lowest BCUT2D eigenvalue weighted by atomic mass is 10.00. The van der Waals surface area contributed by atoms with Gasteiger partial charge < -0.3 is 9.15 Å². The molecule has 5 nitrogen and oxygen atoms in total. The molecule has 0 amide bonds. The fourth-order valence-electron chi connectivity index (χ4n) is 3.13. The Morgan fingerprint density at radius 2 is 1.81 bits per heavy atom. The Labute approximate surface area is 152 Å². The lowest BCUT2D eigenvalue weighted by molar-refractivity contribution is 0.263. The maximum atomic E-state index is 5.83. The minimum Gasteiger partial charge on any atom is -0.497 e. The van der Waals surface area contributed by atoms with E-state index in [1.54, 1.807) is 7.11 Å². The monoisotopic (exact) mass is 347 g/mol. The molecule has 26 heavy (non-hydrogen) atoms. The van der Waals surface area contributed by atoms with Crippen molar-refractivity contribution in [1.82, 2.24) is 15.1 Å². The number of hydrogen-bond donors (Lipinski definition) is 0. The second-order valence-corrected chi connectivity index (χ2v) is 6.31. The molecule has 0 saturated carbocycles. The molecule has 1 aromatic heterocycles. The molecule has 0 bridgehead atoms. The van der Waals surface area contributed by atoms with Gasteiger partial charge in [-0.1, -0.05) is 36.4 Å². The molecule has 0 radical (unpaired) electrons. The van der Waals surface area contributed by atoms with Gasteiger partial charge >= 0.3 is 0 Å². The number of hydrogen-bond acceptors (Lipinski definition) is 5. The first-order chi connectivity index (χ1) is 12.8. The fourth-order valence-corrected chi connectivity index (χ4v) is 3.13. The Hall–Kier alpha value is -2.92. The van der Waals surface area contributed by atoms with Gasteiger partial charge in [-0.15, -0.1) is 10.2 Å². The van der Waals surface area contributed by atoms with Gasteiger partial charge in [0.25, 0.3) is 0 Å². The highest BCUT2D eigenvalue weighted by atomic mass is 16.5. The summed E-state index contributed by atoms with van der Waals surface area (Å²) in [5.41, 5.74) is 3.62. The van der Waals surface area contributed by atoms with Crippen LogP contribution in [0.15, 0.2) is 65.1 Å². The van der Waals surface area contributed by atoms with Crippen LogP contribution >= 0.6 is 0 Å². The summed E-state index contributed by atoms with van der Waals surface area (Å²) in [5, 5.41) is 8.37. The summed E-state index contributed by atoms with van der Waals surface area (Å²) in [4.78, 5) is 2.32. The number of ether oxygens (including phenoxy) is 1. The summed E-state index contributed by atoms with van der Waals surface area (Å²) in [5.74, 6) is 2.00. The first kappa shape index (κ1) is 16.5. The maximum absolute atomic E-state index is 5.83. The van der Waals surface area contributed by atoms with Crippen molar-refractivity contribution in [3.63, 3.8) is 0 Å². The Morgan fingerprint density at radius 3 is 2.50 bits per heavy atom. The smallest absolute Gasteiger partial charge is 0.247 e. The average molecular weight is 347 g/mol. The molecule has 0 unspecified atom stereocenters. The highest BCUT2D eigenvalue weighted by molar-refractivity contribution is 5.66. The molecule has 0 aliphatic carbocycles. The molecule has 2 heterocycles. The average Bonchev–Trinajstić information content (AvgIpc) is 3.18. The maximum Gasteiger partial charge on any atom is 0.247 e. The normalized spacial score (nSPS) is 14.9. The zero-order chi connectivity index (χ0) is 17.8. The van der Waals surface area contributed by atoms with Crippen LogP contribution in [0.2, 0.25) is 0 Å². The second kappa shape index (κ2) is 7.54. The van der Waals surface area contributed by atoms with E-state index in [0.717, 1.165) is 30.8 Å². The van der Waals surface area contributed by atoms with E-state index in [-0.39, 0.29) is 0 Å². The third-order valence-electron chi connectivity index (χ3n) is 4.60. The van der Waals surface area contributed by atoms with E-state index in [1.807, 2.05) is 24.3 Å². The lowest BCUT2D eigenvalue weighted by Crippen LogP contribution is -2.28. The predicted octanol–water partition coefficient (Wildman–Crippen LogP) is 4.03. The summed E-state index contributed by atoms with van der Waals surface area (Å²) in [6, 6.07) is 18.2. The van der Waals surface area contributed by atoms with Crippen molar-refractivity contribution in [1.29, 1.82) is 0 Å². The van der Waals surface area contributed by atoms with Crippen LogP contribution < -0.4 is 4.74 Å². The third kappa shape index (κ3) is 3.68. The molecule has 0 saturated heterocycles. The van der Waals surface area contributed by atoms with E-state index >= 15 is 0 Å². The highest BCUT2D eigenvalue weighted by Gasteiger charge is 2.16. The van der Waals surface area contributed by atoms with Crippen molar-refractivity contribution >= 4 is 5.57 Å². The van der Waals surface area contributed by atoms with Gasteiger partial charge in [-0.25, -0.2) is 0 Å². The van der Waals surface area contributed by atoms with Gasteiger partial charge in [-0.05, 0) is 41.8 Å². The molecule has 1 aliphatic rings. The van der Waals surface area contributed by atoms with Crippen molar-refractivity contribution in [2.45, 2.75) is 13.0 Å². The lowest BCUT2D eigenvalue weighted by Gasteiger charge is -2.25. The molecule has 0 fully saturated rings. The van der Waals surface area contributed by atoms with E-state index in [1.165, 1.54) is 11.1 Å². The first-order valence-corrected chi connectivity index (χ1v) is 8.75. The minimum atomic E-state index is 0.542. The molecule has 2 aromatic carbocycles. The Bertz CT molecular complexity index is 885. The highest BCUT2D eigenvalue weighted by Crippen LogP contribution is 2.24. The molecule has 132 valence electrons. The van der Waals surface area contributed by atoms with Gasteiger partial charge in [0.2, 0.25) is 11.8 Å². The number of rotatable bonds is 5. The number of aromatic nitrogens is 2. The minimum absolute atomic E-state index is 0.542. The van der Waals surface area contributed by atoms with Crippen molar-refractivity contribution < 1.29 is 9.15 Å². The van der Waals surface area contributed by atoms with Gasteiger partial charge in [0.05, 0.1) is 13.7 Å². The Kier molecular flexibility index (Phi) is 4.80. The van der Waals surface area contributed by atoms with E-state index in [2.05, 4.69) is 51.5 Å². The standard InChI is InChI=1S/C21H21N3O2/c1-25-19-9-7-18(8-10-19)21-23-22-20(26-21)15-24-13-11-17(12-14-24)16-5-3-2-4-6-16/h2-11H,12-15H2,1H3. The Morgan fingerprint density at radius 1 is 1.00 bits per heavy atom. The summed E-state index contributed by atoms with van der Waals surface area (Å²) >= 11 is 0. The molecule has 0 N–H and O–H groups in total. The molecule has 3 aromatic rings. The quantitative estimate of drug-likeness (QED) is 0.697. The summed E-state index contributed by atoms with van der Waals surface area (Å²) < 4.78 is 11.0. The van der Waals surface area contributed by atoms with Gasteiger partial charge in [-0.2, -0.15) is 0 Å². The van der Waals surface area contributed by atoms with Gasteiger partial charge in [0.15, 0.2) is 0 Å². The van der Waals surface area contributed by atoms with Crippen LogP contribution in [0.5, 0.6) is 5.75 Å². The SMILES string of the molecule is COc1ccc(-c2nnc(CN3CC=C(c4ccccc4)CC3)o2)cc1. The molecule has 0 atom stereocenters. The van der Waals surface area contributed by atoms with Crippen molar-refractivity contribution in [3.8, 4) is 17.2 Å². The van der Waals surface area contributed by atoms with E-state index in [9.17, 15) is 0 Å². The zero-order valence-electron chi connectivity index (χ0n) is 14.8.